The van der Waals surface area contributed by atoms with Crippen molar-refractivity contribution in [2.24, 2.45) is 11.7 Å². The van der Waals surface area contributed by atoms with Gasteiger partial charge in [-0.3, -0.25) is 19.0 Å². The molecule has 0 unspecified atom stereocenters. The van der Waals surface area contributed by atoms with Gasteiger partial charge in [0.15, 0.2) is 0 Å². The van der Waals surface area contributed by atoms with Crippen molar-refractivity contribution in [3.8, 4) is 5.69 Å². The molecule has 2 heterocycles. The molecule has 1 aliphatic rings. The number of imidazole rings is 1. The van der Waals surface area contributed by atoms with Crippen molar-refractivity contribution in [3.05, 3.63) is 89.5 Å². The van der Waals surface area contributed by atoms with E-state index in [4.69, 9.17) is 5.73 Å². The lowest BCUT2D eigenvalue weighted by Gasteiger charge is -2.30. The summed E-state index contributed by atoms with van der Waals surface area (Å²) in [4.78, 5) is 43.4. The maximum atomic E-state index is 13.4. The number of anilines is 1. The topological polar surface area (TPSA) is 110 Å². The van der Waals surface area contributed by atoms with Crippen LogP contribution < -0.4 is 11.1 Å². The Kier molecular flexibility index (Phi) is 6.43. The van der Waals surface area contributed by atoms with Gasteiger partial charge in [0.1, 0.15) is 11.6 Å². The van der Waals surface area contributed by atoms with Gasteiger partial charge >= 0.3 is 0 Å². The van der Waals surface area contributed by atoms with Gasteiger partial charge in [-0.05, 0) is 86.5 Å². The second-order valence-corrected chi connectivity index (χ2v) is 9.17. The zero-order chi connectivity index (χ0) is 26.1. The number of nitrogens with zero attached hydrogens (tertiary/aromatic N) is 3. The number of piperidine rings is 1. The van der Waals surface area contributed by atoms with Crippen LogP contribution in [-0.4, -0.2) is 45.3 Å². The lowest BCUT2D eigenvalue weighted by atomic mass is 9.96. The van der Waals surface area contributed by atoms with Crippen LogP contribution in [0.25, 0.3) is 16.7 Å². The molecule has 0 atom stereocenters. The van der Waals surface area contributed by atoms with Crippen molar-refractivity contribution in [2.75, 3.05) is 18.4 Å². The molecule has 4 aromatic rings. The van der Waals surface area contributed by atoms with Gasteiger partial charge in [0.2, 0.25) is 5.91 Å². The molecule has 1 fully saturated rings. The molecule has 9 heteroatoms. The number of benzene rings is 3. The summed E-state index contributed by atoms with van der Waals surface area (Å²) in [5.74, 6) is -0.528. The molecular formula is C28H26FN5O3. The lowest BCUT2D eigenvalue weighted by molar-refractivity contribution is -0.123. The highest BCUT2D eigenvalue weighted by molar-refractivity contribution is 6.06. The number of aryl methyl sites for hydroxylation is 1. The highest BCUT2D eigenvalue weighted by atomic mass is 19.1. The number of likely N-dealkylation sites (tertiary alicyclic amines) is 1. The SMILES string of the molecule is Cc1nc2ccc(C(=O)Nc3ccc(C(=O)N4CCC(C(N)=O)CC4)cc3)cc2n1-c1ccc(F)cc1. The molecular weight excluding hydrogens is 473 g/mol. The standard InChI is InChI=1S/C28H26FN5O3/c1-17-31-24-11-4-20(16-25(24)34(17)23-9-5-21(29)6-10-23)27(36)32-22-7-2-19(3-8-22)28(37)33-14-12-18(13-15-33)26(30)35/h2-11,16,18H,12-15H2,1H3,(H2,30,35)(H,32,36). The van der Waals surface area contributed by atoms with Gasteiger partial charge in [-0.15, -0.1) is 0 Å². The summed E-state index contributed by atoms with van der Waals surface area (Å²) in [6.45, 7) is 2.83. The first-order valence-corrected chi connectivity index (χ1v) is 12.1. The van der Waals surface area contributed by atoms with Gasteiger partial charge in [-0.1, -0.05) is 0 Å². The van der Waals surface area contributed by atoms with Crippen LogP contribution in [0, 0.1) is 18.7 Å². The van der Waals surface area contributed by atoms with Crippen molar-refractivity contribution < 1.29 is 18.8 Å². The average Bonchev–Trinajstić information content (AvgIpc) is 3.24. The van der Waals surface area contributed by atoms with Crippen LogP contribution in [0.5, 0.6) is 0 Å². The summed E-state index contributed by atoms with van der Waals surface area (Å²) in [7, 11) is 0. The summed E-state index contributed by atoms with van der Waals surface area (Å²) in [6.07, 6.45) is 1.14. The second-order valence-electron chi connectivity index (χ2n) is 9.17. The normalized spacial score (nSPS) is 14.1. The molecule has 1 aliphatic heterocycles. The van der Waals surface area contributed by atoms with Gasteiger partial charge in [0.25, 0.3) is 11.8 Å². The van der Waals surface area contributed by atoms with Gasteiger partial charge in [0, 0.05) is 41.5 Å². The maximum Gasteiger partial charge on any atom is 0.255 e. The molecule has 3 aromatic carbocycles. The minimum Gasteiger partial charge on any atom is -0.369 e. The molecule has 37 heavy (non-hydrogen) atoms. The first kappa shape index (κ1) is 24.2. The summed E-state index contributed by atoms with van der Waals surface area (Å²) in [5.41, 5.74) is 9.08. The quantitative estimate of drug-likeness (QED) is 0.431. The minimum absolute atomic E-state index is 0.115. The number of aromatic nitrogens is 2. The highest BCUT2D eigenvalue weighted by Crippen LogP contribution is 2.24. The monoisotopic (exact) mass is 499 g/mol. The summed E-state index contributed by atoms with van der Waals surface area (Å²) < 4.78 is 15.3. The zero-order valence-electron chi connectivity index (χ0n) is 20.3. The molecule has 0 aliphatic carbocycles. The number of hydrogen-bond acceptors (Lipinski definition) is 4. The number of carbonyl (C=O) groups excluding carboxylic acids is 3. The van der Waals surface area contributed by atoms with Crippen molar-refractivity contribution in [3.63, 3.8) is 0 Å². The molecule has 188 valence electrons. The largest absolute Gasteiger partial charge is 0.369 e. The Hall–Kier alpha value is -4.53. The van der Waals surface area contributed by atoms with E-state index >= 15 is 0 Å². The average molecular weight is 500 g/mol. The van der Waals surface area contributed by atoms with E-state index in [1.165, 1.54) is 12.1 Å². The third-order valence-corrected chi connectivity index (χ3v) is 6.74. The van der Waals surface area contributed by atoms with E-state index in [-0.39, 0.29) is 29.5 Å². The molecule has 0 spiro atoms. The van der Waals surface area contributed by atoms with E-state index in [9.17, 15) is 18.8 Å². The van der Waals surface area contributed by atoms with Crippen LogP contribution in [-0.2, 0) is 4.79 Å². The Morgan fingerprint density at radius 2 is 1.59 bits per heavy atom. The number of amides is 3. The smallest absolute Gasteiger partial charge is 0.255 e. The van der Waals surface area contributed by atoms with Gasteiger partial charge in [0.05, 0.1) is 11.0 Å². The van der Waals surface area contributed by atoms with E-state index < -0.39 is 0 Å². The van der Waals surface area contributed by atoms with Crippen molar-refractivity contribution in [1.82, 2.24) is 14.5 Å². The molecule has 1 aromatic heterocycles. The fraction of sp³-hybridized carbons (Fsp3) is 0.214. The van der Waals surface area contributed by atoms with E-state index in [1.54, 1.807) is 59.5 Å². The number of halogens is 1. The summed E-state index contributed by atoms with van der Waals surface area (Å²) in [6, 6.07) is 18.1. The molecule has 0 bridgehead atoms. The van der Waals surface area contributed by atoms with Crippen LogP contribution >= 0.6 is 0 Å². The Labute approximate surface area is 212 Å². The third-order valence-electron chi connectivity index (χ3n) is 6.74. The van der Waals surface area contributed by atoms with Crippen LogP contribution in [0.1, 0.15) is 39.4 Å². The Balaban J connectivity index is 1.30. The first-order chi connectivity index (χ1) is 17.8. The molecule has 0 radical (unpaired) electrons. The van der Waals surface area contributed by atoms with Crippen molar-refractivity contribution >= 4 is 34.4 Å². The summed E-state index contributed by atoms with van der Waals surface area (Å²) >= 11 is 0. The van der Waals surface area contributed by atoms with E-state index in [1.807, 2.05) is 11.5 Å². The number of rotatable bonds is 5. The van der Waals surface area contributed by atoms with Gasteiger partial charge in [-0.2, -0.15) is 0 Å². The van der Waals surface area contributed by atoms with E-state index in [2.05, 4.69) is 10.3 Å². The number of carbonyl (C=O) groups is 3. The predicted octanol–water partition coefficient (Wildman–Crippen LogP) is 4.06. The van der Waals surface area contributed by atoms with Gasteiger partial charge < -0.3 is 16.0 Å². The maximum absolute atomic E-state index is 13.4. The van der Waals surface area contributed by atoms with E-state index in [0.29, 0.717) is 42.7 Å². The highest BCUT2D eigenvalue weighted by Gasteiger charge is 2.26. The van der Waals surface area contributed by atoms with Crippen molar-refractivity contribution in [1.29, 1.82) is 0 Å². The van der Waals surface area contributed by atoms with Crippen LogP contribution in [0.15, 0.2) is 66.7 Å². The molecule has 3 amide bonds. The molecule has 3 N–H and O–H groups in total. The number of nitrogens with one attached hydrogen (secondary N) is 1. The van der Waals surface area contributed by atoms with Gasteiger partial charge in [-0.25, -0.2) is 9.37 Å². The van der Waals surface area contributed by atoms with E-state index in [0.717, 1.165) is 22.5 Å². The Morgan fingerprint density at radius 3 is 2.24 bits per heavy atom. The fourth-order valence-electron chi connectivity index (χ4n) is 4.70. The minimum atomic E-state index is -0.328. The number of hydrogen-bond donors (Lipinski definition) is 2. The molecule has 8 nitrogen and oxygen atoms in total. The van der Waals surface area contributed by atoms with Crippen molar-refractivity contribution in [2.45, 2.75) is 19.8 Å². The number of fused-ring (bicyclic) bond motifs is 1. The second kappa shape index (κ2) is 9.85. The van der Waals surface area contributed by atoms with Crippen LogP contribution in [0.3, 0.4) is 0 Å². The first-order valence-electron chi connectivity index (χ1n) is 12.1. The summed E-state index contributed by atoms with van der Waals surface area (Å²) in [5, 5.41) is 2.87. The van der Waals surface area contributed by atoms with Crippen LogP contribution in [0.4, 0.5) is 10.1 Å². The molecule has 5 rings (SSSR count). The molecule has 0 saturated carbocycles. The third kappa shape index (κ3) is 4.93. The lowest BCUT2D eigenvalue weighted by Crippen LogP contribution is -2.41. The predicted molar refractivity (Wildman–Crippen MR) is 138 cm³/mol. The Bertz CT molecular complexity index is 1490. The number of nitrogens with two attached hydrogens (primary N) is 1. The van der Waals surface area contributed by atoms with Crippen LogP contribution in [0.2, 0.25) is 0 Å². The number of primary amides is 1. The fourth-order valence-corrected chi connectivity index (χ4v) is 4.70. The zero-order valence-corrected chi connectivity index (χ0v) is 20.3. The Morgan fingerprint density at radius 1 is 0.946 bits per heavy atom. The molecule has 1 saturated heterocycles.